The number of carbonyl (C=O) groups is 2. The van der Waals surface area contributed by atoms with Gasteiger partial charge >= 0.3 is 12.2 Å². The summed E-state index contributed by atoms with van der Waals surface area (Å²) in [4.78, 5) is 24.6. The number of rotatable bonds is 15. The van der Waals surface area contributed by atoms with Crippen molar-refractivity contribution < 1.29 is 28.5 Å². The van der Waals surface area contributed by atoms with Crippen molar-refractivity contribution in [2.45, 2.75) is 24.7 Å². The van der Waals surface area contributed by atoms with Gasteiger partial charge < -0.3 is 29.6 Å². The Morgan fingerprint density at radius 2 is 0.804 bits per heavy atom. The number of nitrogens with one attached hydrogen (secondary N) is 2. The van der Waals surface area contributed by atoms with Crippen molar-refractivity contribution in [1.29, 1.82) is 0 Å². The van der Waals surface area contributed by atoms with Crippen molar-refractivity contribution >= 4 is 12.2 Å². The van der Waals surface area contributed by atoms with Crippen LogP contribution in [0.3, 0.4) is 0 Å². The topological polar surface area (TPSA) is 95.1 Å². The molecule has 0 aliphatic heterocycles. The van der Waals surface area contributed by atoms with Gasteiger partial charge in [-0.1, -0.05) is 97.1 Å². The number of amides is 2. The zero-order valence-electron chi connectivity index (χ0n) is 25.9. The van der Waals surface area contributed by atoms with Crippen LogP contribution in [0.5, 0.6) is 0 Å². The highest BCUT2D eigenvalue weighted by atomic mass is 16.6. The molecule has 0 bridgehead atoms. The lowest BCUT2D eigenvalue weighted by atomic mass is 9.98. The Morgan fingerprint density at radius 1 is 0.478 bits per heavy atom. The smallest absolute Gasteiger partial charge is 0.407 e. The number of fused-ring (bicyclic) bond motifs is 6. The fraction of sp³-hybridized carbons (Fsp3) is 0.316. The third kappa shape index (κ3) is 7.41. The first kappa shape index (κ1) is 31.3. The Bertz CT molecular complexity index is 1430. The molecular formula is C38H40N2O6. The lowest BCUT2D eigenvalue weighted by Gasteiger charge is -2.14. The molecule has 0 heterocycles. The Hall–Kier alpha value is -4.66. The van der Waals surface area contributed by atoms with E-state index in [9.17, 15) is 9.59 Å². The minimum absolute atomic E-state index is 0.0465. The van der Waals surface area contributed by atoms with Crippen LogP contribution in [0, 0.1) is 0 Å². The fourth-order valence-corrected chi connectivity index (χ4v) is 6.35. The number of alkyl carbamates (subject to hydrolysis) is 2. The monoisotopic (exact) mass is 620 g/mol. The molecule has 2 N–H and O–H groups in total. The molecule has 0 fully saturated rings. The molecule has 0 atom stereocenters. The number of benzene rings is 4. The summed E-state index contributed by atoms with van der Waals surface area (Å²) in [6.07, 6.45) is 0.511. The van der Waals surface area contributed by atoms with E-state index in [4.69, 9.17) is 18.9 Å². The van der Waals surface area contributed by atoms with Crippen LogP contribution in [0.15, 0.2) is 97.1 Å². The minimum atomic E-state index is -0.420. The molecule has 0 saturated carbocycles. The predicted molar refractivity (Wildman–Crippen MR) is 177 cm³/mol. The molecule has 8 heteroatoms. The number of hydrogen-bond acceptors (Lipinski definition) is 6. The van der Waals surface area contributed by atoms with E-state index in [-0.39, 0.29) is 11.8 Å². The Balaban J connectivity index is 0.765. The highest BCUT2D eigenvalue weighted by Gasteiger charge is 2.30. The third-order valence-electron chi connectivity index (χ3n) is 8.53. The highest BCUT2D eigenvalue weighted by Crippen LogP contribution is 2.45. The van der Waals surface area contributed by atoms with Crippen LogP contribution >= 0.6 is 0 Å². The van der Waals surface area contributed by atoms with Crippen molar-refractivity contribution in [2.75, 3.05) is 52.7 Å². The van der Waals surface area contributed by atoms with E-state index in [0.29, 0.717) is 65.6 Å². The van der Waals surface area contributed by atoms with Crippen molar-refractivity contribution in [3.05, 3.63) is 119 Å². The molecule has 6 rings (SSSR count). The van der Waals surface area contributed by atoms with Gasteiger partial charge in [0.15, 0.2) is 0 Å². The van der Waals surface area contributed by atoms with Gasteiger partial charge in [0, 0.05) is 38.1 Å². The molecule has 0 aromatic heterocycles. The average molecular weight is 621 g/mol. The average Bonchev–Trinajstić information content (AvgIpc) is 3.59. The van der Waals surface area contributed by atoms with Gasteiger partial charge in [-0.3, -0.25) is 0 Å². The molecule has 4 aromatic carbocycles. The molecule has 46 heavy (non-hydrogen) atoms. The standard InChI is InChI=1S/C38H40N2O6/c41-37(45-25-35-31-15-5-1-11-27(31)28-12-2-6-16-32(28)35)39-19-9-21-43-23-24-44-22-10-20-40-38(42)46-26-36-33-17-7-3-13-29(33)30-14-4-8-18-34(30)36/h1-8,11-18,35-36H,9-10,19-26H2,(H,39,41)(H,40,42). The second kappa shape index (κ2) is 15.6. The van der Waals surface area contributed by atoms with Crippen molar-refractivity contribution in [3.63, 3.8) is 0 Å². The van der Waals surface area contributed by atoms with Crippen LogP contribution in [0.1, 0.15) is 46.9 Å². The second-order valence-electron chi connectivity index (χ2n) is 11.4. The van der Waals surface area contributed by atoms with Crippen molar-refractivity contribution in [2.24, 2.45) is 0 Å². The third-order valence-corrected chi connectivity index (χ3v) is 8.53. The maximum Gasteiger partial charge on any atom is 0.407 e. The van der Waals surface area contributed by atoms with Crippen molar-refractivity contribution in [1.82, 2.24) is 10.6 Å². The van der Waals surface area contributed by atoms with E-state index in [1.54, 1.807) is 0 Å². The van der Waals surface area contributed by atoms with Crippen LogP contribution in [0.2, 0.25) is 0 Å². The first-order chi connectivity index (χ1) is 22.7. The van der Waals surface area contributed by atoms with E-state index in [2.05, 4.69) is 59.2 Å². The van der Waals surface area contributed by atoms with E-state index < -0.39 is 12.2 Å². The van der Waals surface area contributed by atoms with Crippen LogP contribution in [0.4, 0.5) is 9.59 Å². The molecule has 2 aliphatic carbocycles. The molecule has 0 saturated heterocycles. The molecular weight excluding hydrogens is 580 g/mol. The van der Waals surface area contributed by atoms with Gasteiger partial charge in [0.1, 0.15) is 13.2 Å². The summed E-state index contributed by atoms with van der Waals surface area (Å²) in [6, 6.07) is 33.1. The summed E-state index contributed by atoms with van der Waals surface area (Å²) >= 11 is 0. The summed E-state index contributed by atoms with van der Waals surface area (Å²) in [5, 5.41) is 5.61. The maximum absolute atomic E-state index is 12.3. The largest absolute Gasteiger partial charge is 0.449 e. The Labute approximate surface area is 270 Å². The fourth-order valence-electron chi connectivity index (χ4n) is 6.35. The van der Waals surface area contributed by atoms with Gasteiger partial charge in [-0.25, -0.2) is 9.59 Å². The van der Waals surface area contributed by atoms with Crippen LogP contribution in [0.25, 0.3) is 22.3 Å². The first-order valence-electron chi connectivity index (χ1n) is 16.0. The summed E-state index contributed by atoms with van der Waals surface area (Å²) in [5.74, 6) is 0.0929. The highest BCUT2D eigenvalue weighted by molar-refractivity contribution is 5.80. The van der Waals surface area contributed by atoms with E-state index in [0.717, 1.165) is 0 Å². The van der Waals surface area contributed by atoms with E-state index in [1.165, 1.54) is 44.5 Å². The number of hydrogen-bond donors (Lipinski definition) is 2. The molecule has 238 valence electrons. The van der Waals surface area contributed by atoms with Gasteiger partial charge in [0.05, 0.1) is 13.2 Å². The number of ether oxygens (including phenoxy) is 4. The Morgan fingerprint density at radius 3 is 1.15 bits per heavy atom. The molecule has 2 aliphatic rings. The molecule has 0 radical (unpaired) electrons. The Kier molecular flexibility index (Phi) is 10.6. The van der Waals surface area contributed by atoms with Gasteiger partial charge in [-0.05, 0) is 57.3 Å². The lowest BCUT2D eigenvalue weighted by molar-refractivity contribution is 0.0459. The zero-order chi connectivity index (χ0) is 31.6. The summed E-state index contributed by atoms with van der Waals surface area (Å²) in [7, 11) is 0. The van der Waals surface area contributed by atoms with Crippen LogP contribution in [-0.2, 0) is 18.9 Å². The summed E-state index contributed by atoms with van der Waals surface area (Å²) in [5.41, 5.74) is 9.60. The molecule has 4 aromatic rings. The first-order valence-corrected chi connectivity index (χ1v) is 16.0. The molecule has 0 unspecified atom stereocenters. The normalized spacial score (nSPS) is 13.0. The summed E-state index contributed by atoms with van der Waals surface area (Å²) in [6.45, 7) is 3.49. The van der Waals surface area contributed by atoms with E-state index >= 15 is 0 Å². The SMILES string of the molecule is O=C(NCCCOCCOCCCNC(=O)OCC1c2ccccc2-c2ccccc21)OCC1c2ccccc2-c2ccccc21. The molecule has 2 amide bonds. The molecule has 8 nitrogen and oxygen atoms in total. The predicted octanol–water partition coefficient (Wildman–Crippen LogP) is 6.88. The molecule has 0 spiro atoms. The zero-order valence-corrected chi connectivity index (χ0v) is 25.9. The van der Waals surface area contributed by atoms with Gasteiger partial charge in [-0.2, -0.15) is 0 Å². The van der Waals surface area contributed by atoms with Crippen LogP contribution in [-0.4, -0.2) is 64.9 Å². The van der Waals surface area contributed by atoms with Gasteiger partial charge in [0.25, 0.3) is 0 Å². The lowest BCUT2D eigenvalue weighted by Crippen LogP contribution is -2.28. The minimum Gasteiger partial charge on any atom is -0.449 e. The maximum atomic E-state index is 12.3. The van der Waals surface area contributed by atoms with E-state index in [1.807, 2.05) is 48.5 Å². The quantitative estimate of drug-likeness (QED) is 0.141. The van der Waals surface area contributed by atoms with Gasteiger partial charge in [0.2, 0.25) is 0 Å². The second-order valence-corrected chi connectivity index (χ2v) is 11.4. The summed E-state index contributed by atoms with van der Waals surface area (Å²) < 4.78 is 22.3. The van der Waals surface area contributed by atoms with Crippen molar-refractivity contribution in [3.8, 4) is 22.3 Å². The number of carbonyl (C=O) groups excluding carboxylic acids is 2. The van der Waals surface area contributed by atoms with Crippen LogP contribution < -0.4 is 10.6 Å². The van der Waals surface area contributed by atoms with Gasteiger partial charge in [-0.15, -0.1) is 0 Å².